The summed E-state index contributed by atoms with van der Waals surface area (Å²) in [6, 6.07) is 28.8. The molecule has 7 heteroatoms. The zero-order valence-electron chi connectivity index (χ0n) is 20.7. The Balaban J connectivity index is 0.00000320. The Bertz CT molecular complexity index is 1360. The number of hydrogen-bond acceptors (Lipinski definition) is 4. The van der Waals surface area contributed by atoms with Crippen LogP contribution in [0.3, 0.4) is 0 Å². The van der Waals surface area contributed by atoms with Crippen LogP contribution in [0.25, 0.3) is 10.8 Å². The van der Waals surface area contributed by atoms with Crippen molar-refractivity contribution < 1.29 is 9.90 Å². The molecule has 192 valence electrons. The van der Waals surface area contributed by atoms with Gasteiger partial charge in [-0.1, -0.05) is 84.4 Å². The van der Waals surface area contributed by atoms with Gasteiger partial charge in [-0.15, -0.1) is 12.4 Å². The summed E-state index contributed by atoms with van der Waals surface area (Å²) in [4.78, 5) is 18.2. The number of fused-ring (bicyclic) bond motifs is 1. The van der Waals surface area contributed by atoms with Crippen LogP contribution in [-0.2, 0) is 0 Å². The zero-order chi connectivity index (χ0) is 25.1. The first-order valence-electron chi connectivity index (χ1n) is 12.4. The molecule has 2 unspecified atom stereocenters. The maximum absolute atomic E-state index is 11.6. The number of halogens is 2. The Kier molecular flexibility index (Phi) is 8.70. The summed E-state index contributed by atoms with van der Waals surface area (Å²) in [7, 11) is 0. The summed E-state index contributed by atoms with van der Waals surface area (Å²) in [5, 5.41) is 16.0. The van der Waals surface area contributed by atoms with E-state index in [9.17, 15) is 9.90 Å². The third-order valence-electron chi connectivity index (χ3n) is 7.31. The van der Waals surface area contributed by atoms with Gasteiger partial charge in [0.1, 0.15) is 11.0 Å². The number of carbonyl (C=O) groups is 1. The minimum Gasteiger partial charge on any atom is -0.478 e. The van der Waals surface area contributed by atoms with E-state index >= 15 is 0 Å². The molecular weight excluding hydrogens is 505 g/mol. The number of pyridine rings is 1. The highest BCUT2D eigenvalue weighted by Gasteiger charge is 2.31. The fraction of sp³-hybridized carbons (Fsp3) is 0.267. The second-order valence-corrected chi connectivity index (χ2v) is 9.94. The first-order chi connectivity index (χ1) is 17.5. The van der Waals surface area contributed by atoms with Crippen LogP contribution in [0.15, 0.2) is 84.9 Å². The van der Waals surface area contributed by atoms with E-state index in [1.807, 2.05) is 6.07 Å². The van der Waals surface area contributed by atoms with Crippen LogP contribution in [-0.4, -0.2) is 35.7 Å². The fourth-order valence-electron chi connectivity index (χ4n) is 5.37. The van der Waals surface area contributed by atoms with Crippen LogP contribution in [0.4, 0.5) is 5.82 Å². The number of aromatic nitrogens is 1. The first kappa shape index (κ1) is 26.9. The molecule has 0 bridgehead atoms. The molecule has 5 rings (SSSR count). The second kappa shape index (κ2) is 12.0. The molecule has 1 aliphatic rings. The summed E-state index contributed by atoms with van der Waals surface area (Å²) < 4.78 is 0. The molecule has 37 heavy (non-hydrogen) atoms. The van der Waals surface area contributed by atoms with Gasteiger partial charge in [0.25, 0.3) is 0 Å². The number of anilines is 1. The van der Waals surface area contributed by atoms with Crippen molar-refractivity contribution in [3.8, 4) is 0 Å². The predicted molar refractivity (Wildman–Crippen MR) is 153 cm³/mol. The Morgan fingerprint density at radius 3 is 2.59 bits per heavy atom. The number of hydrogen-bond donors (Lipinski definition) is 2. The quantitative estimate of drug-likeness (QED) is 0.250. The lowest BCUT2D eigenvalue weighted by atomic mass is 9.80. The zero-order valence-corrected chi connectivity index (χ0v) is 22.3. The largest absolute Gasteiger partial charge is 0.478 e. The number of carboxylic acids is 1. The van der Waals surface area contributed by atoms with E-state index in [1.165, 1.54) is 28.0 Å². The molecule has 0 saturated carbocycles. The molecule has 1 aromatic heterocycles. The van der Waals surface area contributed by atoms with Crippen molar-refractivity contribution in [2.45, 2.75) is 25.3 Å². The van der Waals surface area contributed by atoms with E-state index in [-0.39, 0.29) is 35.1 Å². The van der Waals surface area contributed by atoms with E-state index in [4.69, 9.17) is 11.6 Å². The predicted octanol–water partition coefficient (Wildman–Crippen LogP) is 6.97. The van der Waals surface area contributed by atoms with Crippen molar-refractivity contribution in [3.63, 3.8) is 0 Å². The molecule has 1 aliphatic heterocycles. The molecular formula is C30H31Cl2N3O2. The summed E-state index contributed by atoms with van der Waals surface area (Å²) >= 11 is 6.17. The number of piperidine rings is 1. The molecule has 0 amide bonds. The lowest BCUT2D eigenvalue weighted by molar-refractivity contribution is 0.0696. The molecule has 2 N–H and O–H groups in total. The van der Waals surface area contributed by atoms with Crippen LogP contribution in [0.1, 0.15) is 46.8 Å². The van der Waals surface area contributed by atoms with Crippen molar-refractivity contribution in [1.82, 2.24) is 10.3 Å². The average Bonchev–Trinajstić information content (AvgIpc) is 2.91. The number of rotatable bonds is 7. The van der Waals surface area contributed by atoms with Gasteiger partial charge in [-0.3, -0.25) is 0 Å². The van der Waals surface area contributed by atoms with Gasteiger partial charge in [0, 0.05) is 25.0 Å². The molecule has 1 saturated heterocycles. The highest BCUT2D eigenvalue weighted by atomic mass is 35.5. The number of nitrogens with one attached hydrogen (secondary N) is 1. The Labute approximate surface area is 228 Å². The van der Waals surface area contributed by atoms with Crippen molar-refractivity contribution in [2.75, 3.05) is 24.5 Å². The SMILES string of the molecule is C[C@@H](NCC1CCN(c2cc(C(=O)O)cc(Cl)n2)CC1c1ccccc1)c1cccc2ccccc12.Cl. The standard InChI is InChI=1S/C30H30ClN3O2.ClH/c1-20(25-13-7-11-21-10-5-6-12-26(21)25)32-18-23-14-15-34(19-27(23)22-8-3-2-4-9-22)29-17-24(30(35)36)16-28(31)33-29;/h2-13,16-17,20,23,27,32H,14-15,18-19H2,1H3,(H,35,36);1H/t20-,23?,27?;/m1./s1. The van der Waals surface area contributed by atoms with Crippen LogP contribution in [0, 0.1) is 5.92 Å². The van der Waals surface area contributed by atoms with E-state index in [1.54, 1.807) is 6.07 Å². The average molecular weight is 537 g/mol. The van der Waals surface area contributed by atoms with Gasteiger partial charge in [-0.25, -0.2) is 9.78 Å². The summed E-state index contributed by atoms with van der Waals surface area (Å²) in [5.74, 6) is 0.332. The molecule has 3 atom stereocenters. The Hall–Kier alpha value is -3.12. The van der Waals surface area contributed by atoms with Crippen LogP contribution in [0.5, 0.6) is 0 Å². The smallest absolute Gasteiger partial charge is 0.335 e. The third kappa shape index (κ3) is 6.07. The molecule has 1 fully saturated rings. The molecule has 4 aromatic rings. The molecule has 0 radical (unpaired) electrons. The number of nitrogens with zero attached hydrogens (tertiary/aromatic N) is 2. The van der Waals surface area contributed by atoms with Crippen molar-refractivity contribution >= 4 is 46.6 Å². The van der Waals surface area contributed by atoms with E-state index in [0.29, 0.717) is 11.7 Å². The fourth-order valence-corrected chi connectivity index (χ4v) is 5.57. The molecule has 5 nitrogen and oxygen atoms in total. The van der Waals surface area contributed by atoms with E-state index < -0.39 is 5.97 Å². The maximum atomic E-state index is 11.6. The van der Waals surface area contributed by atoms with E-state index in [0.717, 1.165) is 26.1 Å². The highest BCUT2D eigenvalue weighted by molar-refractivity contribution is 6.29. The van der Waals surface area contributed by atoms with Gasteiger partial charge in [0.15, 0.2) is 0 Å². The topological polar surface area (TPSA) is 65.5 Å². The monoisotopic (exact) mass is 535 g/mol. The minimum absolute atomic E-state index is 0. The Morgan fingerprint density at radius 2 is 1.81 bits per heavy atom. The normalized spacial score (nSPS) is 18.3. The summed E-state index contributed by atoms with van der Waals surface area (Å²) in [6.45, 7) is 4.68. The van der Waals surface area contributed by atoms with Crippen molar-refractivity contribution in [2.24, 2.45) is 5.92 Å². The van der Waals surface area contributed by atoms with Gasteiger partial charge < -0.3 is 15.3 Å². The lowest BCUT2D eigenvalue weighted by Crippen LogP contribution is -2.43. The number of aromatic carboxylic acids is 1. The summed E-state index contributed by atoms with van der Waals surface area (Å²) in [5.41, 5.74) is 2.76. The molecule has 0 spiro atoms. The van der Waals surface area contributed by atoms with Gasteiger partial charge in [0.05, 0.1) is 5.56 Å². The van der Waals surface area contributed by atoms with Gasteiger partial charge in [0.2, 0.25) is 0 Å². The number of benzene rings is 3. The van der Waals surface area contributed by atoms with Crippen LogP contribution < -0.4 is 10.2 Å². The van der Waals surface area contributed by atoms with Gasteiger partial charge in [-0.05, 0) is 59.8 Å². The highest BCUT2D eigenvalue weighted by Crippen LogP contribution is 2.35. The molecule has 0 aliphatic carbocycles. The van der Waals surface area contributed by atoms with Crippen molar-refractivity contribution in [3.05, 3.63) is 107 Å². The molecule has 2 heterocycles. The first-order valence-corrected chi connectivity index (χ1v) is 12.8. The maximum Gasteiger partial charge on any atom is 0.335 e. The van der Waals surface area contributed by atoms with Gasteiger partial charge >= 0.3 is 5.97 Å². The van der Waals surface area contributed by atoms with Gasteiger partial charge in [-0.2, -0.15) is 0 Å². The number of carboxylic acid groups (broad SMARTS) is 1. The minimum atomic E-state index is -0.998. The summed E-state index contributed by atoms with van der Waals surface area (Å²) in [6.07, 6.45) is 0.964. The second-order valence-electron chi connectivity index (χ2n) is 9.55. The lowest BCUT2D eigenvalue weighted by Gasteiger charge is -2.40. The van der Waals surface area contributed by atoms with Crippen LogP contribution >= 0.6 is 24.0 Å². The molecule has 3 aromatic carbocycles. The Morgan fingerprint density at radius 1 is 1.08 bits per heavy atom. The van der Waals surface area contributed by atoms with Crippen molar-refractivity contribution in [1.29, 1.82) is 0 Å². The van der Waals surface area contributed by atoms with E-state index in [2.05, 4.69) is 88.9 Å². The third-order valence-corrected chi connectivity index (χ3v) is 7.50. The van der Waals surface area contributed by atoms with Crippen LogP contribution in [0.2, 0.25) is 5.15 Å².